The van der Waals surface area contributed by atoms with E-state index in [4.69, 9.17) is 23.7 Å². The van der Waals surface area contributed by atoms with Crippen LogP contribution in [0.25, 0.3) is 0 Å². The number of methoxy groups -OCH3 is 4. The Bertz CT molecular complexity index is 955. The van der Waals surface area contributed by atoms with E-state index in [1.165, 1.54) is 26.4 Å². The lowest BCUT2D eigenvalue weighted by Gasteiger charge is -2.25. The molecule has 1 N–H and O–H groups in total. The monoisotopic (exact) mass is 586 g/mol. The molecule has 0 aliphatic heterocycles. The maximum absolute atomic E-state index is 12.1. The van der Waals surface area contributed by atoms with Crippen LogP contribution in [-0.4, -0.2) is 68.2 Å². The summed E-state index contributed by atoms with van der Waals surface area (Å²) in [4.78, 5) is 19.6. The Hall–Kier alpha value is -3.23. The summed E-state index contributed by atoms with van der Waals surface area (Å²) in [5.41, 5.74) is -0.0566. The van der Waals surface area contributed by atoms with Gasteiger partial charge in [-0.1, -0.05) is 33.1 Å². The predicted octanol–water partition coefficient (Wildman–Crippen LogP) is 6.04. The number of hydrogen-bond acceptors (Lipinski definition) is 10. The van der Waals surface area contributed by atoms with Crippen LogP contribution < -0.4 is 4.74 Å². The minimum Gasteiger partial charge on any atom is -0.485 e. The molecule has 2 unspecified atom stereocenters. The summed E-state index contributed by atoms with van der Waals surface area (Å²) in [6.45, 7) is 4.18. The predicted molar refractivity (Wildman–Crippen MR) is 151 cm³/mol. The summed E-state index contributed by atoms with van der Waals surface area (Å²) in [5, 5.41) is 30.0. The third-order valence-corrected chi connectivity index (χ3v) is 5.62. The molecule has 2 atom stereocenters. The first-order chi connectivity index (χ1) is 19.6. The summed E-state index contributed by atoms with van der Waals surface area (Å²) in [6.07, 6.45) is 3.97. The molecule has 13 heteroatoms. The molecule has 0 aromatic heterocycles. The molecule has 2 rings (SSSR count). The molecule has 0 bridgehead atoms. The van der Waals surface area contributed by atoms with Gasteiger partial charge in [0, 0.05) is 52.7 Å². The molecule has 2 aromatic rings. The Morgan fingerprint density at radius 1 is 0.732 bits per heavy atom. The second-order valence-electron chi connectivity index (χ2n) is 8.67. The Labute approximate surface area is 240 Å². The van der Waals surface area contributed by atoms with Gasteiger partial charge < -0.3 is 28.8 Å². The van der Waals surface area contributed by atoms with Crippen molar-refractivity contribution in [2.45, 2.75) is 77.2 Å². The minimum absolute atomic E-state index is 0.0393. The van der Waals surface area contributed by atoms with E-state index >= 15 is 0 Å². The summed E-state index contributed by atoms with van der Waals surface area (Å²) in [5.74, 6) is 0.0985. The van der Waals surface area contributed by atoms with Crippen molar-refractivity contribution >= 4 is 11.4 Å². The molecule has 12 nitrogen and oxygen atoms in total. The number of nitro groups is 2. The van der Waals surface area contributed by atoms with Crippen molar-refractivity contribution in [3.8, 4) is 5.75 Å². The van der Waals surface area contributed by atoms with Gasteiger partial charge in [0.15, 0.2) is 12.6 Å². The van der Waals surface area contributed by atoms with Gasteiger partial charge in [-0.15, -0.1) is 0 Å². The molecule has 0 aliphatic rings. The highest BCUT2D eigenvalue weighted by Crippen LogP contribution is 2.22. The number of aliphatic hydroxyl groups is 1. The van der Waals surface area contributed by atoms with Crippen LogP contribution in [0.1, 0.15) is 52.4 Å². The molecular formula is C28H43FN2O10. The minimum atomic E-state index is -0.570. The quantitative estimate of drug-likeness (QED) is 0.140. The maximum Gasteiger partial charge on any atom is 0.269 e. The van der Waals surface area contributed by atoms with Crippen LogP contribution >= 0.6 is 0 Å². The van der Waals surface area contributed by atoms with Crippen molar-refractivity contribution in [2.24, 2.45) is 0 Å². The average Bonchev–Trinajstić information content (AvgIpc) is 2.97. The van der Waals surface area contributed by atoms with Gasteiger partial charge in [0.2, 0.25) is 0 Å². The number of halogens is 1. The number of ether oxygens (including phenoxy) is 5. The molecule has 0 radical (unpaired) electrons. The highest BCUT2D eigenvalue weighted by atomic mass is 19.1. The van der Waals surface area contributed by atoms with Gasteiger partial charge in [-0.2, -0.15) is 0 Å². The molecule has 0 saturated heterocycles. The number of unbranched alkanes of at least 4 members (excludes halogenated alkanes) is 2. The fourth-order valence-electron chi connectivity index (χ4n) is 3.40. The lowest BCUT2D eigenvalue weighted by molar-refractivity contribution is -0.385. The summed E-state index contributed by atoms with van der Waals surface area (Å²) in [7, 11) is 6.19. The van der Waals surface area contributed by atoms with E-state index in [9.17, 15) is 29.7 Å². The summed E-state index contributed by atoms with van der Waals surface area (Å²) in [6, 6.07) is 10.3. The molecule has 0 spiro atoms. The van der Waals surface area contributed by atoms with Crippen molar-refractivity contribution in [1.29, 1.82) is 0 Å². The van der Waals surface area contributed by atoms with Crippen molar-refractivity contribution in [3.05, 3.63) is 74.6 Å². The number of nitrogens with zero attached hydrogens (tertiary/aromatic N) is 2. The van der Waals surface area contributed by atoms with Crippen LogP contribution in [0.4, 0.5) is 15.8 Å². The number of aliphatic hydroxyl groups excluding tert-OH is 1. The average molecular weight is 587 g/mol. The molecule has 0 heterocycles. The van der Waals surface area contributed by atoms with E-state index in [0.717, 1.165) is 62.8 Å². The van der Waals surface area contributed by atoms with Gasteiger partial charge in [0.25, 0.3) is 11.4 Å². The normalized spacial score (nSPS) is 12.0. The Kier molecular flexibility index (Phi) is 20.7. The van der Waals surface area contributed by atoms with Gasteiger partial charge in [-0.25, -0.2) is 4.39 Å². The van der Waals surface area contributed by atoms with E-state index in [1.54, 1.807) is 26.4 Å². The van der Waals surface area contributed by atoms with Gasteiger partial charge >= 0.3 is 0 Å². The van der Waals surface area contributed by atoms with Crippen molar-refractivity contribution < 1.29 is 43.0 Å². The number of rotatable bonds is 16. The van der Waals surface area contributed by atoms with E-state index in [-0.39, 0.29) is 17.5 Å². The Morgan fingerprint density at radius 2 is 1.15 bits per heavy atom. The number of benzene rings is 2. The highest BCUT2D eigenvalue weighted by Gasteiger charge is 2.22. The van der Waals surface area contributed by atoms with Gasteiger partial charge in [0.05, 0.1) is 9.85 Å². The van der Waals surface area contributed by atoms with E-state index < -0.39 is 34.3 Å². The third-order valence-electron chi connectivity index (χ3n) is 5.62. The van der Waals surface area contributed by atoms with E-state index in [2.05, 4.69) is 13.8 Å². The van der Waals surface area contributed by atoms with Gasteiger partial charge in [-0.05, 0) is 43.5 Å². The zero-order chi connectivity index (χ0) is 31.2. The zero-order valence-corrected chi connectivity index (χ0v) is 24.6. The Balaban J connectivity index is 0.000000643. The molecule has 0 saturated carbocycles. The first-order valence-corrected chi connectivity index (χ1v) is 13.2. The van der Waals surface area contributed by atoms with Gasteiger partial charge in [-0.3, -0.25) is 20.2 Å². The molecule has 0 aliphatic carbocycles. The molecular weight excluding hydrogens is 543 g/mol. The van der Waals surface area contributed by atoms with E-state index in [0.29, 0.717) is 5.75 Å². The highest BCUT2D eigenvalue weighted by molar-refractivity contribution is 5.36. The summed E-state index contributed by atoms with van der Waals surface area (Å²) >= 11 is 0. The van der Waals surface area contributed by atoms with Crippen LogP contribution in [0.3, 0.4) is 0 Å². The van der Waals surface area contributed by atoms with Crippen LogP contribution in [0.5, 0.6) is 5.75 Å². The van der Waals surface area contributed by atoms with Gasteiger partial charge in [0.1, 0.15) is 23.8 Å². The second kappa shape index (κ2) is 22.5. The van der Waals surface area contributed by atoms with Crippen molar-refractivity contribution in [3.63, 3.8) is 0 Å². The largest absolute Gasteiger partial charge is 0.485 e. The molecule has 41 heavy (non-hydrogen) atoms. The van der Waals surface area contributed by atoms with Crippen LogP contribution in [-0.2, 0) is 18.9 Å². The third kappa shape index (κ3) is 16.0. The first-order valence-electron chi connectivity index (χ1n) is 13.2. The Morgan fingerprint density at radius 3 is 1.54 bits per heavy atom. The molecule has 0 amide bonds. The lowest BCUT2D eigenvalue weighted by Crippen LogP contribution is -2.34. The fraction of sp³-hybridized carbons (Fsp3) is 0.571. The standard InChI is InChI=1S/C14H21NO5.C8H18O3.C6H4FNO2/c1-4-5-6-13(14(18-2)19-3)20-12-9-7-11(8-10-12)15(16)17;1-4-5-6-7(9)8(10-2)11-3;7-5-1-3-6(4-2-5)8(9)10/h7-10,13-14H,4-6H2,1-3H3;7-9H,4-6H2,1-3H3;1-4H. The van der Waals surface area contributed by atoms with E-state index in [1.807, 2.05) is 0 Å². The maximum atomic E-state index is 12.1. The molecule has 0 fully saturated rings. The lowest BCUT2D eigenvalue weighted by atomic mass is 10.1. The van der Waals surface area contributed by atoms with Crippen molar-refractivity contribution in [1.82, 2.24) is 0 Å². The van der Waals surface area contributed by atoms with Crippen molar-refractivity contribution in [2.75, 3.05) is 28.4 Å². The van der Waals surface area contributed by atoms with Crippen LogP contribution in [0.2, 0.25) is 0 Å². The zero-order valence-electron chi connectivity index (χ0n) is 24.6. The number of hydrogen-bond donors (Lipinski definition) is 1. The SMILES string of the molecule is CCCCC(O)C(OC)OC.CCCCC(Oc1ccc([N+](=O)[O-])cc1)C(OC)OC.O=[N+]([O-])c1ccc(F)cc1. The molecule has 2 aromatic carbocycles. The topological polar surface area (TPSA) is 153 Å². The summed E-state index contributed by atoms with van der Waals surface area (Å²) < 4.78 is 38.2. The van der Waals surface area contributed by atoms with Crippen LogP contribution in [0, 0.1) is 26.0 Å². The second-order valence-corrected chi connectivity index (χ2v) is 8.67. The fourth-order valence-corrected chi connectivity index (χ4v) is 3.40. The number of non-ortho nitro benzene ring substituents is 2. The van der Waals surface area contributed by atoms with Crippen LogP contribution in [0.15, 0.2) is 48.5 Å². The molecule has 232 valence electrons. The smallest absolute Gasteiger partial charge is 0.269 e. The number of nitro benzene ring substituents is 2. The first kappa shape index (κ1) is 37.8.